The molecule has 0 aliphatic heterocycles. The molecule has 0 aromatic rings. The lowest BCUT2D eigenvalue weighted by Crippen LogP contribution is -2.40. The summed E-state index contributed by atoms with van der Waals surface area (Å²) in [5, 5.41) is 9.25. The highest BCUT2D eigenvalue weighted by molar-refractivity contribution is 5.84. The normalized spacial score (nSPS) is 14.0. The average molecular weight is 314 g/mol. The van der Waals surface area contributed by atoms with Gasteiger partial charge < -0.3 is 10.8 Å². The molecule has 3 heteroatoms. The van der Waals surface area contributed by atoms with Gasteiger partial charge in [-0.2, -0.15) is 0 Å². The van der Waals surface area contributed by atoms with Crippen LogP contribution < -0.4 is 5.73 Å². The smallest absolute Gasteiger partial charge is 0.152 e. The van der Waals surface area contributed by atoms with Crippen LogP contribution >= 0.6 is 0 Å². The van der Waals surface area contributed by atoms with Crippen molar-refractivity contribution >= 4 is 5.78 Å². The predicted octanol–water partition coefficient (Wildman–Crippen LogP) is 4.74. The summed E-state index contributed by atoms with van der Waals surface area (Å²) < 4.78 is 0. The van der Waals surface area contributed by atoms with E-state index in [1.165, 1.54) is 70.6 Å². The van der Waals surface area contributed by atoms with Gasteiger partial charge in [0.2, 0.25) is 0 Å². The Balaban J connectivity index is 3.19. The summed E-state index contributed by atoms with van der Waals surface area (Å²) in [6.07, 6.45) is 16.7. The summed E-state index contributed by atoms with van der Waals surface area (Å²) >= 11 is 0. The number of rotatable bonds is 16. The molecule has 0 bridgehead atoms. The van der Waals surface area contributed by atoms with Crippen LogP contribution in [0, 0.1) is 0 Å². The zero-order valence-electron chi connectivity index (χ0n) is 15.0. The molecule has 0 spiro atoms. The van der Waals surface area contributed by atoms with Crippen LogP contribution in [0.3, 0.4) is 0 Å². The Bertz CT molecular complexity index is 254. The topological polar surface area (TPSA) is 63.3 Å². The molecule has 0 fully saturated rings. The van der Waals surface area contributed by atoms with Crippen LogP contribution in [0.1, 0.15) is 104 Å². The molecule has 3 N–H and O–H groups in total. The van der Waals surface area contributed by atoms with Gasteiger partial charge in [0.1, 0.15) is 0 Å². The lowest BCUT2D eigenvalue weighted by Gasteiger charge is -2.12. The van der Waals surface area contributed by atoms with Gasteiger partial charge in [0.25, 0.3) is 0 Å². The summed E-state index contributed by atoms with van der Waals surface area (Å²) in [7, 11) is 0. The first-order chi connectivity index (χ1) is 10.6. The molecule has 3 nitrogen and oxygen atoms in total. The maximum Gasteiger partial charge on any atom is 0.152 e. The molecule has 0 aromatic carbocycles. The van der Waals surface area contributed by atoms with E-state index in [1.54, 1.807) is 6.92 Å². The molecule has 0 saturated heterocycles. The van der Waals surface area contributed by atoms with Crippen molar-refractivity contribution in [3.05, 3.63) is 0 Å². The van der Waals surface area contributed by atoms with E-state index in [-0.39, 0.29) is 5.78 Å². The van der Waals surface area contributed by atoms with Gasteiger partial charge in [0.15, 0.2) is 5.78 Å². The predicted molar refractivity (Wildman–Crippen MR) is 95.0 cm³/mol. The lowest BCUT2D eigenvalue weighted by molar-refractivity contribution is -0.122. The number of carbonyl (C=O) groups is 1. The first-order valence-corrected chi connectivity index (χ1v) is 9.56. The third-order valence-corrected chi connectivity index (χ3v) is 4.42. The van der Waals surface area contributed by atoms with Crippen molar-refractivity contribution < 1.29 is 9.90 Å². The molecular formula is C19H39NO2. The molecule has 22 heavy (non-hydrogen) atoms. The van der Waals surface area contributed by atoms with E-state index < -0.39 is 12.1 Å². The van der Waals surface area contributed by atoms with Gasteiger partial charge in [-0.15, -0.1) is 0 Å². The number of aliphatic hydroxyl groups is 1. The quantitative estimate of drug-likeness (QED) is 0.404. The van der Waals surface area contributed by atoms with E-state index >= 15 is 0 Å². The number of ketones is 1. The molecule has 0 heterocycles. The molecule has 0 unspecified atom stereocenters. The van der Waals surface area contributed by atoms with Crippen LogP contribution in [0.25, 0.3) is 0 Å². The van der Waals surface area contributed by atoms with Crippen molar-refractivity contribution in [2.75, 3.05) is 0 Å². The summed E-state index contributed by atoms with van der Waals surface area (Å²) in [6, 6.07) is -0.697. The average Bonchev–Trinajstić information content (AvgIpc) is 2.50. The van der Waals surface area contributed by atoms with E-state index in [1.807, 2.05) is 0 Å². The second-order valence-electron chi connectivity index (χ2n) is 6.73. The van der Waals surface area contributed by atoms with E-state index in [2.05, 4.69) is 6.92 Å². The van der Waals surface area contributed by atoms with Gasteiger partial charge >= 0.3 is 0 Å². The summed E-state index contributed by atoms with van der Waals surface area (Å²) in [4.78, 5) is 11.6. The van der Waals surface area contributed by atoms with Crippen molar-refractivity contribution in [2.24, 2.45) is 5.73 Å². The number of Topliss-reactive ketones (excluding diaryl/α,β-unsaturated/α-hetero) is 1. The fourth-order valence-electron chi connectivity index (χ4n) is 2.75. The number of carbonyl (C=O) groups excluding carboxylic acids is 1. The molecule has 0 rings (SSSR count). The van der Waals surface area contributed by atoms with Crippen LogP contribution in [0.2, 0.25) is 0 Å². The Morgan fingerprint density at radius 2 is 1.18 bits per heavy atom. The molecular weight excluding hydrogens is 274 g/mol. The Hall–Kier alpha value is -0.410. The fraction of sp³-hybridized carbons (Fsp3) is 0.947. The Kier molecular flexibility index (Phi) is 15.2. The third-order valence-electron chi connectivity index (χ3n) is 4.42. The van der Waals surface area contributed by atoms with Gasteiger partial charge in [-0.3, -0.25) is 4.79 Å². The van der Waals surface area contributed by atoms with Crippen LogP contribution in [0.15, 0.2) is 0 Å². The fourth-order valence-corrected chi connectivity index (χ4v) is 2.75. The Labute approximate surface area is 138 Å². The highest BCUT2D eigenvalue weighted by Crippen LogP contribution is 2.13. The number of unbranched alkanes of at least 4 members (excludes halogenated alkanes) is 12. The summed E-state index contributed by atoms with van der Waals surface area (Å²) in [5.74, 6) is -0.00178. The largest absolute Gasteiger partial charge is 0.391 e. The number of nitrogens with two attached hydrogens (primary N) is 1. The Morgan fingerprint density at radius 1 is 0.818 bits per heavy atom. The molecule has 0 aliphatic carbocycles. The van der Waals surface area contributed by atoms with E-state index in [0.29, 0.717) is 6.42 Å². The minimum atomic E-state index is -0.727. The van der Waals surface area contributed by atoms with Crippen LogP contribution in [-0.4, -0.2) is 23.0 Å². The highest BCUT2D eigenvalue weighted by Gasteiger charge is 2.17. The Morgan fingerprint density at radius 3 is 1.55 bits per heavy atom. The second kappa shape index (κ2) is 15.5. The van der Waals surface area contributed by atoms with Crippen molar-refractivity contribution in [1.82, 2.24) is 0 Å². The van der Waals surface area contributed by atoms with E-state index in [9.17, 15) is 9.90 Å². The lowest BCUT2D eigenvalue weighted by atomic mass is 10.0. The van der Waals surface area contributed by atoms with Gasteiger partial charge in [-0.1, -0.05) is 84.0 Å². The van der Waals surface area contributed by atoms with Crippen molar-refractivity contribution in [1.29, 1.82) is 0 Å². The van der Waals surface area contributed by atoms with Crippen LogP contribution in [0.4, 0.5) is 0 Å². The maximum atomic E-state index is 11.6. The molecule has 132 valence electrons. The zero-order valence-corrected chi connectivity index (χ0v) is 15.0. The molecule has 0 aliphatic rings. The van der Waals surface area contributed by atoms with E-state index in [4.69, 9.17) is 5.73 Å². The van der Waals surface area contributed by atoms with Gasteiger partial charge in [0.05, 0.1) is 12.1 Å². The zero-order chi connectivity index (χ0) is 16.6. The molecule has 0 aromatic heterocycles. The van der Waals surface area contributed by atoms with Crippen LogP contribution in [0.5, 0.6) is 0 Å². The first-order valence-electron chi connectivity index (χ1n) is 9.56. The van der Waals surface area contributed by atoms with Crippen molar-refractivity contribution in [3.8, 4) is 0 Å². The molecule has 2 atom stereocenters. The monoisotopic (exact) mass is 313 g/mol. The van der Waals surface area contributed by atoms with Gasteiger partial charge in [-0.25, -0.2) is 0 Å². The second-order valence-corrected chi connectivity index (χ2v) is 6.73. The molecule has 0 saturated carbocycles. The molecule has 0 amide bonds. The van der Waals surface area contributed by atoms with E-state index in [0.717, 1.165) is 12.8 Å². The number of hydrogen-bond donors (Lipinski definition) is 2. The van der Waals surface area contributed by atoms with Crippen molar-refractivity contribution in [2.45, 2.75) is 116 Å². The van der Waals surface area contributed by atoms with Gasteiger partial charge in [0, 0.05) is 6.42 Å². The minimum Gasteiger partial charge on any atom is -0.391 e. The minimum absolute atomic E-state index is 0.00178. The standard InChI is InChI=1S/C19H39NO2/c1-3-4-5-6-7-8-9-10-11-12-13-14-15-16-18(22)19(20)17(2)21/h17,19,21H,3-16,20H2,1-2H3/t17-,19+/m1/s1. The first kappa shape index (κ1) is 21.6. The highest BCUT2D eigenvalue weighted by atomic mass is 16.3. The van der Waals surface area contributed by atoms with Crippen LogP contribution in [-0.2, 0) is 4.79 Å². The van der Waals surface area contributed by atoms with Crippen molar-refractivity contribution in [3.63, 3.8) is 0 Å². The molecule has 0 radical (unpaired) electrons. The summed E-state index contributed by atoms with van der Waals surface area (Å²) in [5.41, 5.74) is 5.61. The number of hydrogen-bond acceptors (Lipinski definition) is 3. The maximum absolute atomic E-state index is 11.6. The number of aliphatic hydroxyl groups excluding tert-OH is 1. The SMILES string of the molecule is CCCCCCCCCCCCCCCC(=O)[C@@H](N)[C@@H](C)O. The van der Waals surface area contributed by atoms with Gasteiger partial charge in [-0.05, 0) is 13.3 Å². The third kappa shape index (κ3) is 13.3. The summed E-state index contributed by atoms with van der Waals surface area (Å²) in [6.45, 7) is 3.84.